The second-order valence-corrected chi connectivity index (χ2v) is 7.13. The number of unbranched alkanes of at least 4 members (excludes halogenated alkanes) is 12. The van der Waals surface area contributed by atoms with Crippen LogP contribution in [-0.2, 0) is 0 Å². The first-order valence-electron chi connectivity index (χ1n) is 10.4. The summed E-state index contributed by atoms with van der Waals surface area (Å²) < 4.78 is 0. The van der Waals surface area contributed by atoms with Crippen molar-refractivity contribution in [2.75, 3.05) is 0 Å². The molecule has 0 saturated carbocycles. The van der Waals surface area contributed by atoms with Crippen molar-refractivity contribution in [1.82, 2.24) is 0 Å². The predicted octanol–water partition coefficient (Wildman–Crippen LogP) is 7.93. The van der Waals surface area contributed by atoms with Gasteiger partial charge in [-0.1, -0.05) is 104 Å². The minimum Gasteiger partial charge on any atom is -0.103 e. The molecule has 0 nitrogen and oxygen atoms in total. The minimum atomic E-state index is 0.854. The van der Waals surface area contributed by atoms with Crippen molar-refractivity contribution in [3.8, 4) is 11.8 Å². The fraction of sp³-hybridized carbons (Fsp3) is 0.826. The van der Waals surface area contributed by atoms with Gasteiger partial charge in [0.1, 0.15) is 0 Å². The number of rotatable bonds is 16. The van der Waals surface area contributed by atoms with E-state index < -0.39 is 0 Å². The fourth-order valence-electron chi connectivity index (χ4n) is 2.94. The van der Waals surface area contributed by atoms with Gasteiger partial charge in [0.25, 0.3) is 0 Å². The van der Waals surface area contributed by atoms with E-state index in [9.17, 15) is 0 Å². The van der Waals surface area contributed by atoms with Gasteiger partial charge in [0.05, 0.1) is 0 Å². The number of hydrogen-bond acceptors (Lipinski definition) is 0. The highest BCUT2D eigenvalue weighted by Gasteiger charge is 2.00. The Hall–Kier alpha value is -0.440. The third-order valence-corrected chi connectivity index (χ3v) is 4.64. The monoisotopic (exact) mass is 318 g/mol. The van der Waals surface area contributed by atoms with Crippen LogP contribution in [0.3, 0.4) is 0 Å². The van der Waals surface area contributed by atoms with Crippen LogP contribution < -0.4 is 0 Å². The van der Waals surface area contributed by atoms with E-state index in [0.29, 0.717) is 0 Å². The summed E-state index contributed by atoms with van der Waals surface area (Å²) in [6.45, 7) is 10.2. The molecule has 0 aromatic rings. The largest absolute Gasteiger partial charge is 0.103 e. The van der Waals surface area contributed by atoms with E-state index in [1.54, 1.807) is 0 Å². The molecule has 0 fully saturated rings. The molecule has 1 unspecified atom stereocenters. The number of hydrogen-bond donors (Lipinski definition) is 0. The lowest BCUT2D eigenvalue weighted by Gasteiger charge is -2.08. The summed E-state index contributed by atoms with van der Waals surface area (Å²) in [5, 5.41) is 0. The second kappa shape index (κ2) is 19.6. The molecule has 134 valence electrons. The topological polar surface area (TPSA) is 0 Å². The van der Waals surface area contributed by atoms with Gasteiger partial charge in [0.2, 0.25) is 0 Å². The molecule has 0 aromatic carbocycles. The Morgan fingerprint density at radius 2 is 1.04 bits per heavy atom. The molecular formula is C23H42. The minimum absolute atomic E-state index is 0.854. The normalized spacial score (nSPS) is 12.0. The summed E-state index contributed by atoms with van der Waals surface area (Å²) in [4.78, 5) is 0. The Balaban J connectivity index is 3.26. The van der Waals surface area contributed by atoms with E-state index in [2.05, 4.69) is 32.6 Å². The van der Waals surface area contributed by atoms with Crippen LogP contribution in [0, 0.1) is 31.6 Å². The summed E-state index contributed by atoms with van der Waals surface area (Å²) in [6.07, 6.45) is 22.1. The van der Waals surface area contributed by atoms with Gasteiger partial charge in [-0.2, -0.15) is 0 Å². The first-order chi connectivity index (χ1) is 11.3. The Bertz CT molecular complexity index is 267. The smallest absolute Gasteiger partial charge is 0.00912 e. The molecule has 0 heterocycles. The van der Waals surface area contributed by atoms with Crippen molar-refractivity contribution in [3.63, 3.8) is 0 Å². The molecule has 0 aliphatic rings. The fourth-order valence-corrected chi connectivity index (χ4v) is 2.94. The SMILES string of the molecule is [CH2]CCCCCCCC#CCCC(C)CCCCCCCC[CH2]. The molecule has 23 heavy (non-hydrogen) atoms. The summed E-state index contributed by atoms with van der Waals surface area (Å²) in [7, 11) is 0. The lowest BCUT2D eigenvalue weighted by molar-refractivity contribution is 0.460. The summed E-state index contributed by atoms with van der Waals surface area (Å²) >= 11 is 0. The van der Waals surface area contributed by atoms with Crippen molar-refractivity contribution >= 4 is 0 Å². The van der Waals surface area contributed by atoms with Crippen LogP contribution in [-0.4, -0.2) is 0 Å². The zero-order valence-corrected chi connectivity index (χ0v) is 16.0. The standard InChI is InChI=1S/C23H42/c1-4-6-8-10-12-13-14-16-18-20-22-23(3)21-19-17-15-11-9-7-5-2/h23H,1-2,4-15,17,19-22H2,3H3. The van der Waals surface area contributed by atoms with Gasteiger partial charge < -0.3 is 0 Å². The molecule has 1 atom stereocenters. The van der Waals surface area contributed by atoms with E-state index in [-0.39, 0.29) is 0 Å². The van der Waals surface area contributed by atoms with E-state index in [1.807, 2.05) is 0 Å². The quantitative estimate of drug-likeness (QED) is 0.200. The summed E-state index contributed by atoms with van der Waals surface area (Å²) in [6, 6.07) is 0. The highest BCUT2D eigenvalue weighted by Crippen LogP contribution is 2.16. The molecule has 0 amide bonds. The molecule has 0 aromatic heterocycles. The molecule has 0 rings (SSSR count). The highest BCUT2D eigenvalue weighted by atomic mass is 14.1. The molecule has 2 radical (unpaired) electrons. The molecule has 0 spiro atoms. The third kappa shape index (κ3) is 19.5. The van der Waals surface area contributed by atoms with E-state index >= 15 is 0 Å². The maximum atomic E-state index is 3.90. The Morgan fingerprint density at radius 3 is 1.65 bits per heavy atom. The average Bonchev–Trinajstić information content (AvgIpc) is 2.55. The van der Waals surface area contributed by atoms with Crippen LogP contribution in [0.2, 0.25) is 0 Å². The molecule has 0 N–H and O–H groups in total. The van der Waals surface area contributed by atoms with Crippen LogP contribution in [0.5, 0.6) is 0 Å². The lowest BCUT2D eigenvalue weighted by atomic mass is 9.97. The zero-order chi connectivity index (χ0) is 17.0. The Morgan fingerprint density at radius 1 is 0.565 bits per heavy atom. The van der Waals surface area contributed by atoms with Gasteiger partial charge in [-0.25, -0.2) is 0 Å². The summed E-state index contributed by atoms with van der Waals surface area (Å²) in [5.41, 5.74) is 0. The third-order valence-electron chi connectivity index (χ3n) is 4.64. The van der Waals surface area contributed by atoms with E-state index in [0.717, 1.165) is 31.6 Å². The molecule has 0 aliphatic carbocycles. The van der Waals surface area contributed by atoms with Crippen LogP contribution in [0.1, 0.15) is 116 Å². The maximum absolute atomic E-state index is 3.90. The van der Waals surface area contributed by atoms with Gasteiger partial charge >= 0.3 is 0 Å². The average molecular weight is 319 g/mol. The first kappa shape index (κ1) is 22.6. The first-order valence-corrected chi connectivity index (χ1v) is 10.4. The predicted molar refractivity (Wildman–Crippen MR) is 106 cm³/mol. The van der Waals surface area contributed by atoms with Crippen molar-refractivity contribution in [3.05, 3.63) is 13.8 Å². The van der Waals surface area contributed by atoms with Gasteiger partial charge in [-0.05, 0) is 18.8 Å². The Labute approximate surface area is 148 Å². The van der Waals surface area contributed by atoms with Gasteiger partial charge in [-0.3, -0.25) is 0 Å². The zero-order valence-electron chi connectivity index (χ0n) is 16.0. The van der Waals surface area contributed by atoms with Crippen LogP contribution in [0.25, 0.3) is 0 Å². The molecule has 0 aliphatic heterocycles. The van der Waals surface area contributed by atoms with Gasteiger partial charge in [0.15, 0.2) is 0 Å². The van der Waals surface area contributed by atoms with E-state index in [4.69, 9.17) is 0 Å². The molecular weight excluding hydrogens is 276 g/mol. The Kier molecular flexibility index (Phi) is 19.2. The van der Waals surface area contributed by atoms with Crippen LogP contribution in [0.15, 0.2) is 0 Å². The van der Waals surface area contributed by atoms with Crippen molar-refractivity contribution < 1.29 is 0 Å². The second-order valence-electron chi connectivity index (χ2n) is 7.13. The molecule has 0 bridgehead atoms. The molecule has 0 saturated heterocycles. The highest BCUT2D eigenvalue weighted by molar-refractivity contribution is 4.98. The van der Waals surface area contributed by atoms with Gasteiger partial charge in [0, 0.05) is 12.8 Å². The van der Waals surface area contributed by atoms with Gasteiger partial charge in [-0.15, -0.1) is 11.8 Å². The van der Waals surface area contributed by atoms with Crippen LogP contribution >= 0.6 is 0 Å². The molecule has 0 heteroatoms. The van der Waals surface area contributed by atoms with Crippen LogP contribution in [0.4, 0.5) is 0 Å². The van der Waals surface area contributed by atoms with Crippen molar-refractivity contribution in [2.24, 2.45) is 5.92 Å². The van der Waals surface area contributed by atoms with Crippen molar-refractivity contribution in [2.45, 2.75) is 116 Å². The maximum Gasteiger partial charge on any atom is 0.00912 e. The lowest BCUT2D eigenvalue weighted by Crippen LogP contribution is -1.94. The summed E-state index contributed by atoms with van der Waals surface area (Å²) in [5.74, 6) is 7.59. The van der Waals surface area contributed by atoms with Crippen molar-refractivity contribution in [1.29, 1.82) is 0 Å². The van der Waals surface area contributed by atoms with E-state index in [1.165, 1.54) is 83.5 Å².